The highest BCUT2D eigenvalue weighted by Crippen LogP contribution is 2.17. The molecular weight excluding hydrogens is 426 g/mol. The van der Waals surface area contributed by atoms with Crippen molar-refractivity contribution in [3.05, 3.63) is 90.0 Å². The van der Waals surface area contributed by atoms with Crippen molar-refractivity contribution in [3.63, 3.8) is 0 Å². The highest BCUT2D eigenvalue weighted by atomic mass is 16.5. The molecule has 0 saturated heterocycles. The van der Waals surface area contributed by atoms with Gasteiger partial charge in [0, 0.05) is 16.9 Å². The van der Waals surface area contributed by atoms with Gasteiger partial charge in [-0.1, -0.05) is 44.2 Å². The first-order chi connectivity index (χ1) is 16.4. The third-order valence-corrected chi connectivity index (χ3v) is 5.35. The Morgan fingerprint density at radius 1 is 0.824 bits per heavy atom. The lowest BCUT2D eigenvalue weighted by molar-refractivity contribution is -0.114. The Hall–Kier alpha value is -3.80. The number of hydrogen-bond donors (Lipinski definition) is 3. The summed E-state index contributed by atoms with van der Waals surface area (Å²) in [7, 11) is 0. The van der Waals surface area contributed by atoms with E-state index in [1.54, 1.807) is 24.3 Å². The maximum absolute atomic E-state index is 12.5. The molecule has 6 heteroatoms. The zero-order valence-electron chi connectivity index (χ0n) is 20.0. The molecule has 0 spiro atoms. The molecule has 0 aliphatic carbocycles. The van der Waals surface area contributed by atoms with Crippen LogP contribution < -0.4 is 20.7 Å². The van der Waals surface area contributed by atoms with Crippen molar-refractivity contribution < 1.29 is 14.3 Å². The van der Waals surface area contributed by atoms with Gasteiger partial charge < -0.3 is 20.7 Å². The van der Waals surface area contributed by atoms with E-state index >= 15 is 0 Å². The molecular formula is C28H33N3O3. The lowest BCUT2D eigenvalue weighted by atomic mass is 10.1. The van der Waals surface area contributed by atoms with E-state index in [-0.39, 0.29) is 24.4 Å². The minimum Gasteiger partial charge on any atom is -0.494 e. The summed E-state index contributed by atoms with van der Waals surface area (Å²) in [6.07, 6.45) is 1.01. The van der Waals surface area contributed by atoms with Gasteiger partial charge in [0.15, 0.2) is 0 Å². The van der Waals surface area contributed by atoms with Crippen LogP contribution in [0, 0.1) is 5.92 Å². The van der Waals surface area contributed by atoms with Crippen molar-refractivity contribution in [3.8, 4) is 5.75 Å². The Balaban J connectivity index is 1.43. The second-order valence-corrected chi connectivity index (χ2v) is 8.64. The minimum absolute atomic E-state index is 0.0974. The summed E-state index contributed by atoms with van der Waals surface area (Å²) >= 11 is 0. The van der Waals surface area contributed by atoms with Crippen LogP contribution in [0.4, 0.5) is 11.4 Å². The highest BCUT2D eigenvalue weighted by Gasteiger charge is 2.11. The van der Waals surface area contributed by atoms with Gasteiger partial charge in [0.1, 0.15) is 5.75 Å². The number of amides is 2. The van der Waals surface area contributed by atoms with Crippen LogP contribution in [0.1, 0.15) is 49.2 Å². The van der Waals surface area contributed by atoms with Crippen molar-refractivity contribution in [2.75, 3.05) is 23.8 Å². The molecule has 0 fully saturated rings. The maximum Gasteiger partial charge on any atom is 0.251 e. The Labute approximate surface area is 201 Å². The largest absolute Gasteiger partial charge is 0.494 e. The van der Waals surface area contributed by atoms with Gasteiger partial charge in [0.25, 0.3) is 5.91 Å². The fraction of sp³-hybridized carbons (Fsp3) is 0.286. The molecule has 2 amide bonds. The first-order valence-electron chi connectivity index (χ1n) is 11.6. The van der Waals surface area contributed by atoms with Crippen LogP contribution in [-0.2, 0) is 4.79 Å². The fourth-order valence-electron chi connectivity index (χ4n) is 3.28. The zero-order valence-corrected chi connectivity index (χ0v) is 20.0. The molecule has 0 bridgehead atoms. The molecule has 34 heavy (non-hydrogen) atoms. The van der Waals surface area contributed by atoms with Crippen LogP contribution in [0.25, 0.3) is 0 Å². The Morgan fingerprint density at radius 3 is 2.12 bits per heavy atom. The second kappa shape index (κ2) is 12.4. The van der Waals surface area contributed by atoms with Crippen LogP contribution in [-0.4, -0.2) is 25.0 Å². The molecule has 3 aromatic carbocycles. The van der Waals surface area contributed by atoms with Crippen LogP contribution >= 0.6 is 0 Å². The molecule has 0 radical (unpaired) electrons. The number of carbonyl (C=O) groups is 2. The van der Waals surface area contributed by atoms with Gasteiger partial charge in [-0.25, -0.2) is 0 Å². The van der Waals surface area contributed by atoms with Crippen LogP contribution in [0.5, 0.6) is 5.75 Å². The second-order valence-electron chi connectivity index (χ2n) is 8.64. The summed E-state index contributed by atoms with van der Waals surface area (Å²) in [4.78, 5) is 24.8. The summed E-state index contributed by atoms with van der Waals surface area (Å²) in [5.74, 6) is 1.09. The first kappa shape index (κ1) is 24.8. The molecule has 3 N–H and O–H groups in total. The minimum atomic E-state index is -0.174. The molecule has 6 nitrogen and oxygen atoms in total. The van der Waals surface area contributed by atoms with Crippen molar-refractivity contribution in [1.29, 1.82) is 0 Å². The monoisotopic (exact) mass is 459 g/mol. The third-order valence-electron chi connectivity index (χ3n) is 5.35. The van der Waals surface area contributed by atoms with E-state index in [2.05, 4.69) is 29.8 Å². The third kappa shape index (κ3) is 7.96. The normalized spacial score (nSPS) is 11.5. The Kier molecular flexibility index (Phi) is 9.09. The van der Waals surface area contributed by atoms with Crippen LogP contribution in [0.3, 0.4) is 0 Å². The van der Waals surface area contributed by atoms with Gasteiger partial charge >= 0.3 is 0 Å². The van der Waals surface area contributed by atoms with E-state index < -0.39 is 0 Å². The first-order valence-corrected chi connectivity index (χ1v) is 11.6. The Bertz CT molecular complexity index is 1050. The topological polar surface area (TPSA) is 79.5 Å². The van der Waals surface area contributed by atoms with Gasteiger partial charge in [-0.05, 0) is 73.4 Å². The van der Waals surface area contributed by atoms with E-state index in [0.717, 1.165) is 23.4 Å². The molecule has 0 aromatic heterocycles. The molecule has 3 rings (SSSR count). The molecule has 1 unspecified atom stereocenters. The standard InChI is InChI=1S/C28H33N3O3/c1-20(2)17-18-34-26-15-13-24(14-16-26)29-19-27(32)31-25-11-9-23(10-12-25)28(33)30-21(3)22-7-5-4-6-8-22/h4-16,20-21,29H,17-19H2,1-3H3,(H,30,33)(H,31,32). The summed E-state index contributed by atoms with van der Waals surface area (Å²) in [5.41, 5.74) is 3.05. The van der Waals surface area contributed by atoms with Crippen LogP contribution in [0.15, 0.2) is 78.9 Å². The predicted octanol–water partition coefficient (Wildman–Crippen LogP) is 5.65. The average Bonchev–Trinajstić information content (AvgIpc) is 2.84. The fourth-order valence-corrected chi connectivity index (χ4v) is 3.28. The van der Waals surface area contributed by atoms with Gasteiger partial charge in [-0.15, -0.1) is 0 Å². The molecule has 1 atom stereocenters. The number of nitrogens with one attached hydrogen (secondary N) is 3. The number of benzene rings is 3. The number of carbonyl (C=O) groups excluding carboxylic acids is 2. The number of ether oxygens (including phenoxy) is 1. The van der Waals surface area contributed by atoms with Gasteiger partial charge in [0.05, 0.1) is 19.2 Å². The smallest absolute Gasteiger partial charge is 0.251 e. The maximum atomic E-state index is 12.5. The number of rotatable bonds is 11. The molecule has 3 aromatic rings. The van der Waals surface area contributed by atoms with E-state index in [0.29, 0.717) is 23.8 Å². The molecule has 0 heterocycles. The van der Waals surface area contributed by atoms with Crippen LogP contribution in [0.2, 0.25) is 0 Å². The van der Waals surface area contributed by atoms with E-state index in [1.165, 1.54) is 0 Å². The SMILES string of the molecule is CC(C)CCOc1ccc(NCC(=O)Nc2ccc(C(=O)NC(C)c3ccccc3)cc2)cc1. The highest BCUT2D eigenvalue weighted by molar-refractivity contribution is 5.96. The lowest BCUT2D eigenvalue weighted by Crippen LogP contribution is -2.26. The predicted molar refractivity (Wildman–Crippen MR) is 137 cm³/mol. The van der Waals surface area contributed by atoms with Crippen molar-refractivity contribution in [1.82, 2.24) is 5.32 Å². The molecule has 0 saturated carbocycles. The van der Waals surface area contributed by atoms with E-state index in [4.69, 9.17) is 4.74 Å². The summed E-state index contributed by atoms with van der Waals surface area (Å²) in [6, 6.07) is 24.1. The van der Waals surface area contributed by atoms with Gasteiger partial charge in [-0.3, -0.25) is 9.59 Å². The van der Waals surface area contributed by atoms with Crippen molar-refractivity contribution in [2.24, 2.45) is 5.92 Å². The average molecular weight is 460 g/mol. The van der Waals surface area contributed by atoms with Gasteiger partial charge in [-0.2, -0.15) is 0 Å². The number of hydrogen-bond acceptors (Lipinski definition) is 4. The van der Waals surface area contributed by atoms with Crippen molar-refractivity contribution >= 4 is 23.2 Å². The van der Waals surface area contributed by atoms with E-state index in [9.17, 15) is 9.59 Å². The van der Waals surface area contributed by atoms with Gasteiger partial charge in [0.2, 0.25) is 5.91 Å². The summed E-state index contributed by atoms with van der Waals surface area (Å²) in [6.45, 7) is 7.10. The Morgan fingerprint density at radius 2 is 1.47 bits per heavy atom. The lowest BCUT2D eigenvalue weighted by Gasteiger charge is -2.14. The quantitative estimate of drug-likeness (QED) is 0.346. The molecule has 0 aliphatic heterocycles. The molecule has 178 valence electrons. The summed E-state index contributed by atoms with van der Waals surface area (Å²) < 4.78 is 5.71. The number of anilines is 2. The van der Waals surface area contributed by atoms with Crippen molar-refractivity contribution in [2.45, 2.75) is 33.2 Å². The molecule has 0 aliphatic rings. The summed E-state index contributed by atoms with van der Waals surface area (Å²) in [5, 5.41) is 8.92. The van der Waals surface area contributed by atoms with E-state index in [1.807, 2.05) is 61.5 Å². The zero-order chi connectivity index (χ0) is 24.3.